The molecule has 0 bridgehead atoms. The van der Waals surface area contributed by atoms with Gasteiger partial charge < -0.3 is 20.1 Å². The van der Waals surface area contributed by atoms with Gasteiger partial charge in [-0.3, -0.25) is 14.3 Å². The monoisotopic (exact) mass is 458 g/mol. The van der Waals surface area contributed by atoms with Crippen LogP contribution in [0.15, 0.2) is 76.4 Å². The summed E-state index contributed by atoms with van der Waals surface area (Å²) in [6.45, 7) is -0.545. The Bertz CT molecular complexity index is 1640. The fraction of sp³-hybridized carbons (Fsp3) is 0.231. The van der Waals surface area contributed by atoms with Gasteiger partial charge in [-0.05, 0) is 37.9 Å². The number of aromatic nitrogens is 2. The van der Waals surface area contributed by atoms with Gasteiger partial charge in [0.25, 0.3) is 5.56 Å². The molecule has 4 aromatic carbocycles. The van der Waals surface area contributed by atoms with E-state index in [4.69, 9.17) is 4.74 Å². The zero-order valence-electron chi connectivity index (χ0n) is 18.0. The Morgan fingerprint density at radius 1 is 0.941 bits per heavy atom. The standard InChI is InChI=1S/C26H22N2O6/c29-13-19-23(31)26(33,24(34-19)28-11-10-20(30)27-25(28)32)12-17-7-6-16-5-4-14-2-1-3-15-8-9-18(17)22(16)21(14)15/h1-11,19,23-24,29,31,33H,12-13H2,(H,27,30,32)/t19-,23-,24-,26-/m1/s1. The summed E-state index contributed by atoms with van der Waals surface area (Å²) in [5.74, 6) is 0. The maximum absolute atomic E-state index is 12.5. The molecule has 6 rings (SSSR count). The Labute approximate surface area is 192 Å². The van der Waals surface area contributed by atoms with Gasteiger partial charge in [0.15, 0.2) is 6.23 Å². The lowest BCUT2D eigenvalue weighted by Crippen LogP contribution is -2.50. The predicted octanol–water partition coefficient (Wildman–Crippen LogP) is 1.66. The number of nitrogens with zero attached hydrogens (tertiary/aromatic N) is 1. The number of nitrogens with one attached hydrogen (secondary N) is 1. The van der Waals surface area contributed by atoms with Crippen molar-refractivity contribution in [1.29, 1.82) is 0 Å². The molecule has 0 amide bonds. The fourth-order valence-electron chi connectivity index (χ4n) is 5.33. The number of hydrogen-bond donors (Lipinski definition) is 4. The molecular weight excluding hydrogens is 436 g/mol. The third-order valence-electron chi connectivity index (χ3n) is 6.97. The number of hydrogen-bond acceptors (Lipinski definition) is 6. The van der Waals surface area contributed by atoms with Gasteiger partial charge in [-0.15, -0.1) is 0 Å². The Morgan fingerprint density at radius 3 is 2.32 bits per heavy atom. The molecule has 8 heteroatoms. The number of aliphatic hydroxyl groups is 3. The van der Waals surface area contributed by atoms with Gasteiger partial charge in [0.1, 0.15) is 17.8 Å². The quantitative estimate of drug-likeness (QED) is 0.304. The largest absolute Gasteiger partial charge is 0.394 e. The van der Waals surface area contributed by atoms with Gasteiger partial charge >= 0.3 is 5.69 Å². The molecule has 8 nitrogen and oxygen atoms in total. The van der Waals surface area contributed by atoms with Crippen LogP contribution in [0.25, 0.3) is 32.3 Å². The van der Waals surface area contributed by atoms with Crippen molar-refractivity contribution < 1.29 is 20.1 Å². The number of aromatic amines is 1. The summed E-state index contributed by atoms with van der Waals surface area (Å²) in [5, 5.41) is 38.8. The SMILES string of the molecule is O=c1ccn([C@@H]2O[C@H](CO)[C@@H](O)[C@]2(O)Cc2ccc3ccc4cccc5ccc2c3c45)c(=O)[nH]1. The summed E-state index contributed by atoms with van der Waals surface area (Å²) in [6, 6.07) is 19.3. The minimum Gasteiger partial charge on any atom is -0.394 e. The van der Waals surface area contributed by atoms with E-state index in [1.807, 2.05) is 30.3 Å². The molecule has 5 aromatic rings. The third-order valence-corrected chi connectivity index (χ3v) is 6.97. The van der Waals surface area contributed by atoms with Crippen LogP contribution in [0, 0.1) is 0 Å². The second kappa shape index (κ2) is 7.48. The molecule has 34 heavy (non-hydrogen) atoms. The van der Waals surface area contributed by atoms with Crippen molar-refractivity contribution in [1.82, 2.24) is 9.55 Å². The first-order chi connectivity index (χ1) is 16.4. The summed E-state index contributed by atoms with van der Waals surface area (Å²) in [5.41, 5.74) is -2.55. The topological polar surface area (TPSA) is 125 Å². The third kappa shape index (κ3) is 2.93. The second-order valence-corrected chi connectivity index (χ2v) is 8.92. The number of benzene rings is 4. The average molecular weight is 458 g/mol. The van der Waals surface area contributed by atoms with Crippen LogP contribution in [-0.4, -0.2) is 49.3 Å². The molecule has 1 fully saturated rings. The highest BCUT2D eigenvalue weighted by molar-refractivity contribution is 6.23. The van der Waals surface area contributed by atoms with E-state index in [0.29, 0.717) is 0 Å². The minimum atomic E-state index is -1.95. The molecular formula is C26H22N2O6. The Balaban J connectivity index is 1.53. The average Bonchev–Trinajstić information content (AvgIpc) is 3.08. The fourth-order valence-corrected chi connectivity index (χ4v) is 5.33. The Morgan fingerprint density at radius 2 is 1.62 bits per heavy atom. The first-order valence-electron chi connectivity index (χ1n) is 11.0. The highest BCUT2D eigenvalue weighted by atomic mass is 16.6. The summed E-state index contributed by atoms with van der Waals surface area (Å²) >= 11 is 0. The summed E-state index contributed by atoms with van der Waals surface area (Å²) in [7, 11) is 0. The Hall–Kier alpha value is -3.56. The van der Waals surface area contributed by atoms with Crippen LogP contribution in [0.3, 0.4) is 0 Å². The van der Waals surface area contributed by atoms with E-state index in [1.165, 1.54) is 6.20 Å². The number of ether oxygens (including phenoxy) is 1. The lowest BCUT2D eigenvalue weighted by Gasteiger charge is -2.32. The van der Waals surface area contributed by atoms with E-state index in [9.17, 15) is 24.9 Å². The summed E-state index contributed by atoms with van der Waals surface area (Å²) < 4.78 is 6.77. The van der Waals surface area contributed by atoms with E-state index < -0.39 is 41.9 Å². The maximum atomic E-state index is 12.5. The number of aliphatic hydroxyl groups excluding tert-OH is 2. The van der Waals surface area contributed by atoms with Gasteiger partial charge in [0.05, 0.1) is 6.61 Å². The van der Waals surface area contributed by atoms with Crippen LogP contribution in [0.2, 0.25) is 0 Å². The molecule has 0 saturated carbocycles. The van der Waals surface area contributed by atoms with Crippen LogP contribution in [-0.2, 0) is 11.2 Å². The van der Waals surface area contributed by atoms with E-state index in [2.05, 4.69) is 29.2 Å². The van der Waals surface area contributed by atoms with Crippen molar-refractivity contribution in [3.8, 4) is 0 Å². The van der Waals surface area contributed by atoms with Gasteiger partial charge in [-0.1, -0.05) is 54.6 Å². The highest BCUT2D eigenvalue weighted by Gasteiger charge is 2.56. The lowest BCUT2D eigenvalue weighted by molar-refractivity contribution is -0.110. The van der Waals surface area contributed by atoms with Crippen molar-refractivity contribution in [3.05, 3.63) is 93.3 Å². The molecule has 1 aliphatic rings. The summed E-state index contributed by atoms with van der Waals surface area (Å²) in [6.07, 6.45) is -2.72. The molecule has 1 aliphatic heterocycles. The molecule has 4 N–H and O–H groups in total. The van der Waals surface area contributed by atoms with Crippen molar-refractivity contribution in [2.24, 2.45) is 0 Å². The van der Waals surface area contributed by atoms with Gasteiger partial charge in [0, 0.05) is 18.7 Å². The predicted molar refractivity (Wildman–Crippen MR) is 127 cm³/mol. The molecule has 0 radical (unpaired) electrons. The Kier molecular flexibility index (Phi) is 4.62. The normalized spacial score (nSPS) is 25.1. The molecule has 4 atom stereocenters. The van der Waals surface area contributed by atoms with E-state index in [-0.39, 0.29) is 6.42 Å². The van der Waals surface area contributed by atoms with Crippen molar-refractivity contribution in [2.45, 2.75) is 30.5 Å². The van der Waals surface area contributed by atoms with Crippen LogP contribution in [0.4, 0.5) is 0 Å². The van der Waals surface area contributed by atoms with Crippen molar-refractivity contribution in [2.75, 3.05) is 6.61 Å². The van der Waals surface area contributed by atoms with Crippen molar-refractivity contribution >= 4 is 32.3 Å². The molecule has 1 saturated heterocycles. The van der Waals surface area contributed by atoms with E-state index in [1.54, 1.807) is 0 Å². The van der Waals surface area contributed by atoms with Crippen LogP contribution in [0.5, 0.6) is 0 Å². The second-order valence-electron chi connectivity index (χ2n) is 8.92. The van der Waals surface area contributed by atoms with Crippen LogP contribution >= 0.6 is 0 Å². The minimum absolute atomic E-state index is 0.0466. The van der Waals surface area contributed by atoms with Gasteiger partial charge in [0.2, 0.25) is 0 Å². The maximum Gasteiger partial charge on any atom is 0.330 e. The summed E-state index contributed by atoms with van der Waals surface area (Å²) in [4.78, 5) is 26.2. The molecule has 172 valence electrons. The van der Waals surface area contributed by atoms with E-state index in [0.717, 1.165) is 48.5 Å². The van der Waals surface area contributed by atoms with Crippen LogP contribution < -0.4 is 11.2 Å². The smallest absolute Gasteiger partial charge is 0.330 e. The molecule has 2 heterocycles. The zero-order chi connectivity index (χ0) is 23.6. The molecule has 0 spiro atoms. The van der Waals surface area contributed by atoms with E-state index >= 15 is 0 Å². The molecule has 0 aliphatic carbocycles. The van der Waals surface area contributed by atoms with Gasteiger partial charge in [-0.25, -0.2) is 4.79 Å². The molecule has 0 unspecified atom stereocenters. The van der Waals surface area contributed by atoms with Crippen LogP contribution in [0.1, 0.15) is 11.8 Å². The highest BCUT2D eigenvalue weighted by Crippen LogP contribution is 2.43. The first-order valence-corrected chi connectivity index (χ1v) is 11.0. The van der Waals surface area contributed by atoms with Gasteiger partial charge in [-0.2, -0.15) is 0 Å². The molecule has 1 aromatic heterocycles. The van der Waals surface area contributed by atoms with Crippen molar-refractivity contribution in [3.63, 3.8) is 0 Å². The number of H-pyrrole nitrogens is 1. The zero-order valence-corrected chi connectivity index (χ0v) is 18.0. The lowest BCUT2D eigenvalue weighted by atomic mass is 9.83. The first kappa shape index (κ1) is 21.0. The number of rotatable bonds is 4.